The van der Waals surface area contributed by atoms with Crippen LogP contribution in [0.1, 0.15) is 354 Å². The second kappa shape index (κ2) is 62.5. The van der Waals surface area contributed by atoms with Gasteiger partial charge in [0, 0.05) is 12.8 Å². The fourth-order valence-corrected chi connectivity index (χ4v) is 11.5. The van der Waals surface area contributed by atoms with Gasteiger partial charge in [0.2, 0.25) is 5.91 Å². The van der Waals surface area contributed by atoms with E-state index in [4.69, 9.17) is 14.2 Å². The number of rotatable bonds is 64. The molecule has 494 valence electrons. The van der Waals surface area contributed by atoms with Gasteiger partial charge in [-0.2, -0.15) is 0 Å². The van der Waals surface area contributed by atoms with Crippen LogP contribution in [0, 0.1) is 0 Å². The van der Waals surface area contributed by atoms with Crippen molar-refractivity contribution >= 4 is 11.9 Å². The van der Waals surface area contributed by atoms with Crippen molar-refractivity contribution in [3.63, 3.8) is 0 Å². The smallest absolute Gasteiger partial charge is 0.305 e. The van der Waals surface area contributed by atoms with E-state index >= 15 is 0 Å². The number of amides is 1. The monoisotopic (exact) mass is 1190 g/mol. The molecule has 0 aromatic rings. The van der Waals surface area contributed by atoms with Gasteiger partial charge in [-0.25, -0.2) is 0 Å². The summed E-state index contributed by atoms with van der Waals surface area (Å²) in [6.45, 7) is 4.32. The van der Waals surface area contributed by atoms with Crippen molar-refractivity contribution in [1.82, 2.24) is 5.32 Å². The Bertz CT molecular complexity index is 1490. The highest BCUT2D eigenvalue weighted by Crippen LogP contribution is 2.23. The van der Waals surface area contributed by atoms with Crippen LogP contribution >= 0.6 is 0 Å². The van der Waals surface area contributed by atoms with Crippen molar-refractivity contribution in [1.29, 1.82) is 0 Å². The Morgan fingerprint density at radius 2 is 0.762 bits per heavy atom. The molecule has 11 heteroatoms. The molecule has 1 aliphatic rings. The summed E-state index contributed by atoms with van der Waals surface area (Å²) in [6, 6.07) is -0.806. The van der Waals surface area contributed by atoms with Crippen LogP contribution in [0.25, 0.3) is 0 Å². The molecule has 0 spiro atoms. The first-order valence-corrected chi connectivity index (χ1v) is 36.3. The van der Waals surface area contributed by atoms with Gasteiger partial charge in [0.05, 0.1) is 32.0 Å². The molecule has 1 rings (SSSR count). The molecule has 84 heavy (non-hydrogen) atoms. The number of allylic oxidation sites excluding steroid dienone is 5. The topological polar surface area (TPSA) is 175 Å². The van der Waals surface area contributed by atoms with Gasteiger partial charge in [-0.3, -0.25) is 9.59 Å². The quantitative estimate of drug-likeness (QED) is 0.0195. The zero-order chi connectivity index (χ0) is 60.9. The molecule has 1 aliphatic heterocycles. The van der Waals surface area contributed by atoms with Gasteiger partial charge in [-0.05, 0) is 83.5 Å². The Morgan fingerprint density at radius 1 is 0.429 bits per heavy atom. The van der Waals surface area contributed by atoms with Crippen molar-refractivity contribution in [2.75, 3.05) is 19.8 Å². The highest BCUT2D eigenvalue weighted by atomic mass is 16.7. The van der Waals surface area contributed by atoms with Crippen molar-refractivity contribution in [2.24, 2.45) is 0 Å². The number of aliphatic hydroxyl groups is 5. The fourth-order valence-electron chi connectivity index (χ4n) is 11.5. The molecule has 7 unspecified atom stereocenters. The molecule has 0 aromatic heterocycles. The van der Waals surface area contributed by atoms with Crippen LogP contribution in [-0.4, -0.2) is 100 Å². The van der Waals surface area contributed by atoms with Crippen LogP contribution in [-0.2, 0) is 23.8 Å². The number of nitrogens with one attached hydrogen (secondary N) is 1. The van der Waals surface area contributed by atoms with E-state index in [9.17, 15) is 35.1 Å². The van der Waals surface area contributed by atoms with Crippen molar-refractivity contribution in [3.05, 3.63) is 36.5 Å². The van der Waals surface area contributed by atoms with E-state index in [0.29, 0.717) is 19.4 Å². The number of hydrogen-bond donors (Lipinski definition) is 6. The first-order valence-electron chi connectivity index (χ1n) is 36.3. The SMILES string of the molecule is CCCCC/C=C\CCCCCCCC(=O)OCCCCCCCCCCCCCCCC/C=C\CCCCCCCCCCCCCCCCCCCC(=O)NC(COC1OC(CO)C(O)C(O)C1O)C(O)/C=C/CCCCCCCCC. The number of carbonyl (C=O) groups excluding carboxylic acids is 2. The standard InChI is InChI=1S/C73H137NO10/c1-3-5-7-9-11-13-14-41-45-49-53-57-61-69(78)82-62-58-54-50-46-42-39-37-35-33-31-29-27-25-23-21-19-17-15-16-18-20-22-24-26-28-30-32-34-36-38-40-44-48-52-56-60-68(77)74-65(66(76)59-55-51-47-43-12-10-8-6-4-2)64-83-73-72(81)71(80)70(79)67(63-75)84-73/h11,13,17,19,55,59,65-67,70-73,75-76,79-81H,3-10,12,14-16,18,20-54,56-58,60-64H2,1-2H3,(H,74,77)/b13-11-,19-17-,59-55+. The van der Waals surface area contributed by atoms with E-state index in [1.807, 2.05) is 6.08 Å². The lowest BCUT2D eigenvalue weighted by molar-refractivity contribution is -0.302. The van der Waals surface area contributed by atoms with Crippen LogP contribution in [0.5, 0.6) is 0 Å². The summed E-state index contributed by atoms with van der Waals surface area (Å²) >= 11 is 0. The summed E-state index contributed by atoms with van der Waals surface area (Å²) in [7, 11) is 0. The molecule has 1 heterocycles. The molecule has 0 bridgehead atoms. The number of hydrogen-bond acceptors (Lipinski definition) is 10. The maximum absolute atomic E-state index is 13.0. The maximum atomic E-state index is 13.0. The van der Waals surface area contributed by atoms with Gasteiger partial charge in [0.15, 0.2) is 6.29 Å². The Labute approximate surface area is 517 Å². The minimum atomic E-state index is -1.57. The van der Waals surface area contributed by atoms with Crippen LogP contribution in [0.15, 0.2) is 36.5 Å². The third-order valence-electron chi connectivity index (χ3n) is 17.2. The fraction of sp³-hybridized carbons (Fsp3) is 0.890. The molecule has 0 aromatic carbocycles. The van der Waals surface area contributed by atoms with Crippen molar-refractivity contribution in [2.45, 2.75) is 397 Å². The lowest BCUT2D eigenvalue weighted by Crippen LogP contribution is -2.60. The molecule has 0 aliphatic carbocycles. The van der Waals surface area contributed by atoms with Crippen LogP contribution in [0.4, 0.5) is 0 Å². The zero-order valence-corrected chi connectivity index (χ0v) is 54.9. The second-order valence-electron chi connectivity index (χ2n) is 25.3. The summed E-state index contributed by atoms with van der Waals surface area (Å²) in [5, 5.41) is 54.3. The van der Waals surface area contributed by atoms with Crippen molar-refractivity contribution < 1.29 is 49.3 Å². The summed E-state index contributed by atoms with van der Waals surface area (Å²) in [4.78, 5) is 25.0. The Balaban J connectivity index is 1.89. The first-order chi connectivity index (χ1) is 41.2. The molecule has 1 amide bonds. The van der Waals surface area contributed by atoms with Gasteiger partial charge in [0.25, 0.3) is 0 Å². The van der Waals surface area contributed by atoms with E-state index in [2.05, 4.69) is 43.5 Å². The van der Waals surface area contributed by atoms with Crippen LogP contribution in [0.2, 0.25) is 0 Å². The summed E-state index contributed by atoms with van der Waals surface area (Å²) in [6.07, 6.45) is 70.3. The molecular formula is C73H137NO10. The number of esters is 1. The molecule has 0 saturated carbocycles. The van der Waals surface area contributed by atoms with Gasteiger partial charge in [-0.15, -0.1) is 0 Å². The van der Waals surface area contributed by atoms with E-state index in [1.54, 1.807) is 6.08 Å². The summed E-state index contributed by atoms with van der Waals surface area (Å²) in [5.41, 5.74) is 0. The summed E-state index contributed by atoms with van der Waals surface area (Å²) < 4.78 is 16.7. The molecule has 1 fully saturated rings. The van der Waals surface area contributed by atoms with E-state index in [1.165, 1.54) is 270 Å². The van der Waals surface area contributed by atoms with Crippen molar-refractivity contribution in [3.8, 4) is 0 Å². The lowest BCUT2D eigenvalue weighted by Gasteiger charge is -2.40. The molecule has 1 saturated heterocycles. The molecular weight excluding hydrogens is 1050 g/mol. The third-order valence-corrected chi connectivity index (χ3v) is 17.2. The summed E-state index contributed by atoms with van der Waals surface area (Å²) in [5.74, 6) is -0.175. The minimum absolute atomic E-state index is 0.00354. The third kappa shape index (κ3) is 50.8. The number of unbranched alkanes of at least 4 members (excludes halogenated alkanes) is 46. The zero-order valence-electron chi connectivity index (χ0n) is 54.9. The minimum Gasteiger partial charge on any atom is -0.466 e. The second-order valence-corrected chi connectivity index (χ2v) is 25.3. The normalized spacial score (nSPS) is 18.2. The number of ether oxygens (including phenoxy) is 3. The predicted molar refractivity (Wildman–Crippen MR) is 352 cm³/mol. The molecule has 11 nitrogen and oxygen atoms in total. The number of carbonyl (C=O) groups is 2. The highest BCUT2D eigenvalue weighted by molar-refractivity contribution is 5.76. The van der Waals surface area contributed by atoms with E-state index in [0.717, 1.165) is 57.8 Å². The average molecular weight is 1190 g/mol. The van der Waals surface area contributed by atoms with Gasteiger partial charge >= 0.3 is 5.97 Å². The Hall–Kier alpha value is -2.12. The van der Waals surface area contributed by atoms with Crippen LogP contribution in [0.3, 0.4) is 0 Å². The van der Waals surface area contributed by atoms with E-state index in [-0.39, 0.29) is 18.5 Å². The first kappa shape index (κ1) is 79.9. The molecule has 0 radical (unpaired) electrons. The highest BCUT2D eigenvalue weighted by Gasteiger charge is 2.44. The van der Waals surface area contributed by atoms with Gasteiger partial charge < -0.3 is 45.1 Å². The Kier molecular flexibility index (Phi) is 59.4. The molecule has 7 atom stereocenters. The maximum Gasteiger partial charge on any atom is 0.305 e. The molecule has 6 N–H and O–H groups in total. The number of aliphatic hydroxyl groups excluding tert-OH is 5. The van der Waals surface area contributed by atoms with Gasteiger partial charge in [-0.1, -0.05) is 294 Å². The lowest BCUT2D eigenvalue weighted by atomic mass is 9.99. The Morgan fingerprint density at radius 3 is 1.17 bits per heavy atom. The van der Waals surface area contributed by atoms with Gasteiger partial charge in [0.1, 0.15) is 24.4 Å². The largest absolute Gasteiger partial charge is 0.466 e. The average Bonchev–Trinajstić information content (AvgIpc) is 3.66. The van der Waals surface area contributed by atoms with Crippen LogP contribution < -0.4 is 5.32 Å². The van der Waals surface area contributed by atoms with E-state index < -0.39 is 49.5 Å². The predicted octanol–water partition coefficient (Wildman–Crippen LogP) is 18.6.